The van der Waals surface area contributed by atoms with E-state index in [-0.39, 0.29) is 0 Å². The van der Waals surface area contributed by atoms with Crippen LogP contribution in [0.25, 0.3) is 0 Å². The van der Waals surface area contributed by atoms with E-state index in [9.17, 15) is 4.79 Å². The molecule has 0 aliphatic carbocycles. The van der Waals surface area contributed by atoms with Gasteiger partial charge in [-0.2, -0.15) is 0 Å². The average Bonchev–Trinajstić information content (AvgIpc) is 1.79. The summed E-state index contributed by atoms with van der Waals surface area (Å²) in [5.74, 6) is -1.82. The van der Waals surface area contributed by atoms with E-state index in [1.807, 2.05) is 0 Å². The van der Waals surface area contributed by atoms with Crippen molar-refractivity contribution in [2.75, 3.05) is 0 Å². The highest BCUT2D eigenvalue weighted by Gasteiger charge is 2.30. The third kappa shape index (κ3) is 1.10. The maximum Gasteiger partial charge on any atom is 0.336 e. The van der Waals surface area contributed by atoms with Crippen LogP contribution < -0.4 is 0 Å². The van der Waals surface area contributed by atoms with Crippen LogP contribution in [0.2, 0.25) is 0 Å². The maximum atomic E-state index is 10.5. The molecule has 0 aromatic carbocycles. The zero-order valence-corrected chi connectivity index (χ0v) is 5.34. The van der Waals surface area contributed by atoms with Crippen LogP contribution in [0.3, 0.4) is 0 Å². The monoisotopic (exact) mass is 128 g/mol. The second-order valence-electron chi connectivity index (χ2n) is 2.27. The summed E-state index contributed by atoms with van der Waals surface area (Å²) in [4.78, 5) is 10.5. The first kappa shape index (κ1) is 6.29. The first-order valence-corrected chi connectivity index (χ1v) is 2.66. The molecule has 0 amide bonds. The van der Waals surface area contributed by atoms with E-state index in [0.29, 0.717) is 5.57 Å². The Kier molecular flexibility index (Phi) is 1.10. The molecule has 1 N–H and O–H groups in total. The Morgan fingerprint density at radius 1 is 1.78 bits per heavy atom. The first-order chi connectivity index (χ1) is 4.01. The van der Waals surface area contributed by atoms with Crippen LogP contribution in [0.1, 0.15) is 13.8 Å². The Morgan fingerprint density at radius 2 is 2.33 bits per heavy atom. The van der Waals surface area contributed by atoms with Gasteiger partial charge in [-0.15, -0.1) is 0 Å². The van der Waals surface area contributed by atoms with Crippen LogP contribution in [-0.2, 0) is 9.53 Å². The second-order valence-corrected chi connectivity index (χ2v) is 2.27. The van der Waals surface area contributed by atoms with Crippen molar-refractivity contribution >= 4 is 5.97 Å². The van der Waals surface area contributed by atoms with E-state index >= 15 is 0 Å². The van der Waals surface area contributed by atoms with Crippen molar-refractivity contribution in [2.24, 2.45) is 0 Å². The summed E-state index contributed by atoms with van der Waals surface area (Å²) in [7, 11) is 0. The van der Waals surface area contributed by atoms with Gasteiger partial charge in [-0.05, 0) is 13.0 Å². The normalized spacial score (nSPS) is 34.1. The lowest BCUT2D eigenvalue weighted by molar-refractivity contribution is -0.172. The quantitative estimate of drug-likeness (QED) is 0.474. The van der Waals surface area contributed by atoms with Gasteiger partial charge in [0.15, 0.2) is 0 Å². The number of aliphatic hydroxyl groups is 1. The van der Waals surface area contributed by atoms with Gasteiger partial charge in [-0.1, -0.05) is 0 Å². The SMILES string of the molecule is CC1=C[C@@](C)(O)OC1=O. The molecule has 1 atom stereocenters. The molecule has 0 aromatic rings. The van der Waals surface area contributed by atoms with Gasteiger partial charge in [0.2, 0.25) is 5.79 Å². The smallest absolute Gasteiger partial charge is 0.336 e. The summed E-state index contributed by atoms with van der Waals surface area (Å²) < 4.78 is 4.48. The number of cyclic esters (lactones) is 1. The van der Waals surface area contributed by atoms with Gasteiger partial charge in [-0.25, -0.2) is 4.79 Å². The number of carbonyl (C=O) groups is 1. The number of hydrogen-bond acceptors (Lipinski definition) is 3. The van der Waals surface area contributed by atoms with Gasteiger partial charge in [0.25, 0.3) is 0 Å². The summed E-state index contributed by atoms with van der Waals surface area (Å²) >= 11 is 0. The fourth-order valence-electron chi connectivity index (χ4n) is 0.758. The molecule has 0 aromatic heterocycles. The number of esters is 1. The Morgan fingerprint density at radius 3 is 2.44 bits per heavy atom. The molecule has 9 heavy (non-hydrogen) atoms. The molecule has 0 saturated carbocycles. The number of ether oxygens (including phenoxy) is 1. The summed E-state index contributed by atoms with van der Waals surface area (Å²) in [6.45, 7) is 3.02. The molecule has 1 rings (SSSR count). The van der Waals surface area contributed by atoms with Gasteiger partial charge in [0.05, 0.1) is 0 Å². The third-order valence-electron chi connectivity index (χ3n) is 1.11. The van der Waals surface area contributed by atoms with Crippen molar-refractivity contribution in [3.63, 3.8) is 0 Å². The third-order valence-corrected chi connectivity index (χ3v) is 1.11. The fourth-order valence-corrected chi connectivity index (χ4v) is 0.758. The lowest BCUT2D eigenvalue weighted by Crippen LogP contribution is -2.22. The molecule has 1 heterocycles. The zero-order chi connectivity index (χ0) is 7.07. The molecule has 0 saturated heterocycles. The van der Waals surface area contributed by atoms with Crippen LogP contribution in [0, 0.1) is 0 Å². The molecular formula is C6H8O3. The van der Waals surface area contributed by atoms with E-state index in [4.69, 9.17) is 5.11 Å². The second kappa shape index (κ2) is 1.57. The van der Waals surface area contributed by atoms with Crippen LogP contribution in [-0.4, -0.2) is 16.9 Å². The number of hydrogen-bond donors (Lipinski definition) is 1. The molecule has 3 heteroatoms. The molecule has 0 radical (unpaired) electrons. The minimum absolute atomic E-state index is 0.444. The standard InChI is InChI=1S/C6H8O3/c1-4-3-6(2,8)9-5(4)7/h3,8H,1-2H3/t6-/m0/s1. The van der Waals surface area contributed by atoms with Gasteiger partial charge < -0.3 is 9.84 Å². The predicted octanol–water partition coefficient (Wildman–Crippen LogP) is 0.198. The largest absolute Gasteiger partial charge is 0.426 e. The Balaban J connectivity index is 2.86. The van der Waals surface area contributed by atoms with Gasteiger partial charge >= 0.3 is 5.97 Å². The lowest BCUT2D eigenvalue weighted by atomic mass is 10.2. The van der Waals surface area contributed by atoms with Crippen molar-refractivity contribution in [1.29, 1.82) is 0 Å². The zero-order valence-electron chi connectivity index (χ0n) is 5.34. The van der Waals surface area contributed by atoms with E-state index in [1.54, 1.807) is 6.92 Å². The molecule has 0 unspecified atom stereocenters. The summed E-state index contributed by atoms with van der Waals surface area (Å²) in [6, 6.07) is 0. The number of rotatable bonds is 0. The highest BCUT2D eigenvalue weighted by molar-refractivity contribution is 5.90. The maximum absolute atomic E-state index is 10.5. The molecule has 1 aliphatic rings. The Bertz CT molecular complexity index is 179. The van der Waals surface area contributed by atoms with Gasteiger partial charge in [0.1, 0.15) is 0 Å². The van der Waals surface area contributed by atoms with Crippen LogP contribution in [0.15, 0.2) is 11.6 Å². The minimum Gasteiger partial charge on any atom is -0.426 e. The van der Waals surface area contributed by atoms with E-state index < -0.39 is 11.8 Å². The van der Waals surface area contributed by atoms with Crippen LogP contribution >= 0.6 is 0 Å². The lowest BCUT2D eigenvalue weighted by Gasteiger charge is -2.11. The molecule has 0 bridgehead atoms. The van der Waals surface area contributed by atoms with Gasteiger partial charge in [0, 0.05) is 12.5 Å². The Hall–Kier alpha value is -0.830. The Labute approximate surface area is 52.9 Å². The highest BCUT2D eigenvalue weighted by Crippen LogP contribution is 2.20. The molecular weight excluding hydrogens is 120 g/mol. The van der Waals surface area contributed by atoms with Gasteiger partial charge in [-0.3, -0.25) is 0 Å². The first-order valence-electron chi connectivity index (χ1n) is 2.66. The van der Waals surface area contributed by atoms with Crippen molar-refractivity contribution in [3.8, 4) is 0 Å². The summed E-state index contributed by atoms with van der Waals surface area (Å²) in [6.07, 6.45) is 1.38. The van der Waals surface area contributed by atoms with E-state index in [0.717, 1.165) is 0 Å². The van der Waals surface area contributed by atoms with E-state index in [1.165, 1.54) is 13.0 Å². The minimum atomic E-state index is -1.37. The van der Waals surface area contributed by atoms with Crippen LogP contribution in [0.4, 0.5) is 0 Å². The summed E-state index contributed by atoms with van der Waals surface area (Å²) in [5.41, 5.74) is 0.458. The fraction of sp³-hybridized carbons (Fsp3) is 0.500. The molecule has 1 aliphatic heterocycles. The molecule has 0 spiro atoms. The van der Waals surface area contributed by atoms with Crippen LogP contribution in [0.5, 0.6) is 0 Å². The summed E-state index contributed by atoms with van der Waals surface area (Å²) in [5, 5.41) is 9.02. The van der Waals surface area contributed by atoms with E-state index in [2.05, 4.69) is 4.74 Å². The van der Waals surface area contributed by atoms with Crippen molar-refractivity contribution in [3.05, 3.63) is 11.6 Å². The predicted molar refractivity (Wildman–Crippen MR) is 30.5 cm³/mol. The molecule has 3 nitrogen and oxygen atoms in total. The molecule has 0 fully saturated rings. The van der Waals surface area contributed by atoms with Crippen molar-refractivity contribution in [2.45, 2.75) is 19.6 Å². The van der Waals surface area contributed by atoms with Crippen molar-refractivity contribution < 1.29 is 14.6 Å². The average molecular weight is 128 g/mol. The highest BCUT2D eigenvalue weighted by atomic mass is 16.7. The molecule has 50 valence electrons. The number of carbonyl (C=O) groups excluding carboxylic acids is 1. The van der Waals surface area contributed by atoms with Crippen molar-refractivity contribution in [1.82, 2.24) is 0 Å². The topological polar surface area (TPSA) is 46.5 Å².